The Kier molecular flexibility index (Phi) is 6.39. The lowest BCUT2D eigenvalue weighted by atomic mass is 9.69. The largest absolute Gasteiger partial charge is 0.618 e. The first-order valence-electron chi connectivity index (χ1n) is 8.98. The first-order chi connectivity index (χ1) is 11.8. The summed E-state index contributed by atoms with van der Waals surface area (Å²) in [4.78, 5) is 23.8. The van der Waals surface area contributed by atoms with Crippen molar-refractivity contribution in [2.45, 2.75) is 58.9 Å². The lowest BCUT2D eigenvalue weighted by molar-refractivity contribution is -0.608. The van der Waals surface area contributed by atoms with Gasteiger partial charge in [-0.1, -0.05) is 27.2 Å². The summed E-state index contributed by atoms with van der Waals surface area (Å²) in [5, 5.41) is 14.4. The van der Waals surface area contributed by atoms with Crippen LogP contribution in [-0.2, 0) is 9.53 Å². The molecule has 0 saturated heterocycles. The predicted molar refractivity (Wildman–Crippen MR) is 93.6 cm³/mol. The molecule has 138 valence electrons. The van der Waals surface area contributed by atoms with Crippen molar-refractivity contribution in [2.24, 2.45) is 11.3 Å². The summed E-state index contributed by atoms with van der Waals surface area (Å²) < 4.78 is 5.36. The Hall–Kier alpha value is -2.11. The second kappa shape index (κ2) is 8.32. The van der Waals surface area contributed by atoms with Gasteiger partial charge in [-0.15, -0.1) is 0 Å². The number of aromatic nitrogens is 1. The fourth-order valence-electron chi connectivity index (χ4n) is 3.37. The second-order valence-corrected chi connectivity index (χ2v) is 7.45. The third kappa shape index (κ3) is 5.18. The number of carbonyl (C=O) groups is 2. The topological polar surface area (TPSA) is 82.3 Å². The molecule has 0 spiro atoms. The zero-order valence-corrected chi connectivity index (χ0v) is 15.3. The first-order valence-corrected chi connectivity index (χ1v) is 8.98. The predicted octanol–water partition coefficient (Wildman–Crippen LogP) is 2.59. The van der Waals surface area contributed by atoms with E-state index in [4.69, 9.17) is 4.74 Å². The molecule has 6 nitrogen and oxygen atoms in total. The SMILES string of the molecule is CCC(C)(C)C1CCC(NC(=O)COC(=O)c2cccc[n+]2[O-])CC1. The van der Waals surface area contributed by atoms with Crippen LogP contribution in [0.15, 0.2) is 24.4 Å². The maximum atomic E-state index is 12.0. The van der Waals surface area contributed by atoms with Crippen molar-refractivity contribution >= 4 is 11.9 Å². The fraction of sp³-hybridized carbons (Fsp3) is 0.632. The molecule has 1 heterocycles. The van der Waals surface area contributed by atoms with Crippen LogP contribution in [0, 0.1) is 16.5 Å². The number of ether oxygens (including phenoxy) is 1. The third-order valence-corrected chi connectivity index (χ3v) is 5.48. The number of esters is 1. The van der Waals surface area contributed by atoms with Crippen molar-refractivity contribution in [3.8, 4) is 0 Å². The van der Waals surface area contributed by atoms with Crippen LogP contribution in [0.5, 0.6) is 0 Å². The zero-order chi connectivity index (χ0) is 18.4. The van der Waals surface area contributed by atoms with Crippen molar-refractivity contribution < 1.29 is 19.1 Å². The minimum atomic E-state index is -0.792. The molecule has 0 atom stereocenters. The summed E-state index contributed by atoms with van der Waals surface area (Å²) in [5.74, 6) is -0.423. The van der Waals surface area contributed by atoms with Crippen LogP contribution in [-0.4, -0.2) is 24.5 Å². The maximum Gasteiger partial charge on any atom is 0.405 e. The number of nitrogens with zero attached hydrogens (tertiary/aromatic N) is 1. The molecule has 2 rings (SSSR count). The maximum absolute atomic E-state index is 12.0. The number of amides is 1. The Morgan fingerprint density at radius 1 is 1.28 bits per heavy atom. The van der Waals surface area contributed by atoms with Crippen LogP contribution in [0.2, 0.25) is 0 Å². The van der Waals surface area contributed by atoms with E-state index in [0.717, 1.165) is 32.1 Å². The van der Waals surface area contributed by atoms with Crippen LogP contribution in [0.1, 0.15) is 63.4 Å². The summed E-state index contributed by atoms with van der Waals surface area (Å²) in [6.07, 6.45) is 6.48. The minimum absolute atomic E-state index is 0.127. The highest BCUT2D eigenvalue weighted by atomic mass is 16.5. The van der Waals surface area contributed by atoms with Gasteiger partial charge in [0.15, 0.2) is 12.8 Å². The smallest absolute Gasteiger partial charge is 0.405 e. The Balaban J connectivity index is 1.75. The quantitative estimate of drug-likeness (QED) is 0.487. The Bertz CT molecular complexity index is 607. The number of hydrogen-bond donors (Lipinski definition) is 1. The monoisotopic (exact) mass is 348 g/mol. The van der Waals surface area contributed by atoms with Gasteiger partial charge in [0, 0.05) is 18.2 Å². The molecule has 1 N–H and O–H groups in total. The molecular formula is C19H28N2O4. The van der Waals surface area contributed by atoms with Gasteiger partial charge in [0.2, 0.25) is 0 Å². The van der Waals surface area contributed by atoms with Crippen molar-refractivity contribution in [1.82, 2.24) is 5.32 Å². The Morgan fingerprint density at radius 2 is 1.96 bits per heavy atom. The van der Waals surface area contributed by atoms with E-state index < -0.39 is 5.97 Å². The molecule has 25 heavy (non-hydrogen) atoms. The van der Waals surface area contributed by atoms with E-state index >= 15 is 0 Å². The molecule has 1 aromatic heterocycles. The minimum Gasteiger partial charge on any atom is -0.618 e. The molecule has 6 heteroatoms. The molecular weight excluding hydrogens is 320 g/mol. The molecule has 0 radical (unpaired) electrons. The standard InChI is InChI=1S/C19H28N2O4/c1-4-19(2,3)14-8-10-15(11-9-14)20-17(22)13-25-18(23)16-7-5-6-12-21(16)24/h5-7,12,14-15H,4,8-11,13H2,1-3H3,(H,20,22). The van der Waals surface area contributed by atoms with Crippen molar-refractivity contribution in [3.63, 3.8) is 0 Å². The van der Waals surface area contributed by atoms with E-state index in [1.54, 1.807) is 6.07 Å². The first kappa shape index (κ1) is 19.2. The molecule has 1 aliphatic carbocycles. The summed E-state index contributed by atoms with van der Waals surface area (Å²) in [5.41, 5.74) is 0.214. The molecule has 0 unspecified atom stereocenters. The molecule has 0 bridgehead atoms. The third-order valence-electron chi connectivity index (χ3n) is 5.48. The van der Waals surface area contributed by atoms with E-state index in [2.05, 4.69) is 26.1 Å². The number of hydrogen-bond acceptors (Lipinski definition) is 4. The van der Waals surface area contributed by atoms with Gasteiger partial charge in [-0.05, 0) is 43.1 Å². The summed E-state index contributed by atoms with van der Waals surface area (Å²) in [7, 11) is 0. The van der Waals surface area contributed by atoms with E-state index in [-0.39, 0.29) is 24.2 Å². The van der Waals surface area contributed by atoms with Crippen molar-refractivity contribution in [3.05, 3.63) is 35.3 Å². The molecule has 1 aromatic rings. The van der Waals surface area contributed by atoms with E-state index in [0.29, 0.717) is 16.1 Å². The van der Waals surface area contributed by atoms with Gasteiger partial charge in [-0.3, -0.25) is 4.79 Å². The van der Waals surface area contributed by atoms with Gasteiger partial charge < -0.3 is 15.3 Å². The van der Waals surface area contributed by atoms with E-state index in [9.17, 15) is 14.8 Å². The molecule has 1 amide bonds. The van der Waals surface area contributed by atoms with Crippen LogP contribution in [0.3, 0.4) is 0 Å². The normalized spacial score (nSPS) is 20.8. The molecule has 0 aromatic carbocycles. The average Bonchev–Trinajstić information content (AvgIpc) is 2.60. The summed E-state index contributed by atoms with van der Waals surface area (Å²) >= 11 is 0. The highest BCUT2D eigenvalue weighted by Crippen LogP contribution is 2.40. The van der Waals surface area contributed by atoms with Gasteiger partial charge in [0.05, 0.1) is 0 Å². The summed E-state index contributed by atoms with van der Waals surface area (Å²) in [6, 6.07) is 4.59. The number of carbonyl (C=O) groups excluding carboxylic acids is 2. The van der Waals surface area contributed by atoms with Crippen LogP contribution in [0.25, 0.3) is 0 Å². The van der Waals surface area contributed by atoms with Crippen LogP contribution >= 0.6 is 0 Å². The lowest BCUT2D eigenvalue weighted by Gasteiger charge is -2.39. The number of pyridine rings is 1. The van der Waals surface area contributed by atoms with Crippen molar-refractivity contribution in [1.29, 1.82) is 0 Å². The number of rotatable bonds is 6. The van der Waals surface area contributed by atoms with Crippen LogP contribution in [0.4, 0.5) is 0 Å². The van der Waals surface area contributed by atoms with Gasteiger partial charge in [-0.25, -0.2) is 4.79 Å². The molecule has 0 aliphatic heterocycles. The van der Waals surface area contributed by atoms with Crippen LogP contribution < -0.4 is 10.0 Å². The van der Waals surface area contributed by atoms with E-state index in [1.807, 2.05) is 0 Å². The summed E-state index contributed by atoms with van der Waals surface area (Å²) in [6.45, 7) is 6.47. The highest BCUT2D eigenvalue weighted by molar-refractivity contribution is 5.88. The van der Waals surface area contributed by atoms with Gasteiger partial charge in [0.1, 0.15) is 0 Å². The molecule has 1 saturated carbocycles. The Labute approximate surface area is 149 Å². The van der Waals surface area contributed by atoms with E-state index in [1.165, 1.54) is 18.3 Å². The van der Waals surface area contributed by atoms with Gasteiger partial charge in [-0.2, -0.15) is 4.73 Å². The van der Waals surface area contributed by atoms with Gasteiger partial charge in [0.25, 0.3) is 5.91 Å². The van der Waals surface area contributed by atoms with Crippen molar-refractivity contribution in [2.75, 3.05) is 6.61 Å². The number of nitrogens with one attached hydrogen (secondary N) is 1. The second-order valence-electron chi connectivity index (χ2n) is 7.45. The fourth-order valence-corrected chi connectivity index (χ4v) is 3.37. The zero-order valence-electron chi connectivity index (χ0n) is 15.3. The highest BCUT2D eigenvalue weighted by Gasteiger charge is 2.32. The molecule has 1 fully saturated rings. The van der Waals surface area contributed by atoms with Gasteiger partial charge >= 0.3 is 11.7 Å². The lowest BCUT2D eigenvalue weighted by Crippen LogP contribution is -2.42. The Morgan fingerprint density at radius 3 is 2.56 bits per heavy atom. The molecule has 1 aliphatic rings. The average molecular weight is 348 g/mol.